The molecule has 0 aromatic heterocycles. The number of rotatable bonds is 0. The van der Waals surface area contributed by atoms with Gasteiger partial charge in [-0.15, -0.1) is 0 Å². The summed E-state index contributed by atoms with van der Waals surface area (Å²) < 4.78 is 0. The van der Waals surface area contributed by atoms with Gasteiger partial charge in [0, 0.05) is 24.0 Å². The van der Waals surface area contributed by atoms with Crippen molar-refractivity contribution in [2.45, 2.75) is 13.0 Å². The monoisotopic (exact) mass is 198 g/mol. The van der Waals surface area contributed by atoms with E-state index in [4.69, 9.17) is 0 Å². The second-order valence-electron chi connectivity index (χ2n) is 4.10. The third-order valence-electron chi connectivity index (χ3n) is 2.96. The maximum Gasteiger partial charge on any atom is 0.0703 e. The summed E-state index contributed by atoms with van der Waals surface area (Å²) in [6.45, 7) is 3.05. The van der Waals surface area contributed by atoms with Gasteiger partial charge in [0.1, 0.15) is 0 Å². The molecule has 0 aromatic rings. The van der Waals surface area contributed by atoms with Crippen molar-refractivity contribution in [1.29, 1.82) is 0 Å². The predicted molar refractivity (Wildman–Crippen MR) is 62.1 cm³/mol. The molecule has 2 heteroatoms. The Hall–Kier alpha value is -1.70. The quantitative estimate of drug-likeness (QED) is 0.620. The molecule has 2 N–H and O–H groups in total. The summed E-state index contributed by atoms with van der Waals surface area (Å²) in [6.07, 6.45) is 13.1. The Morgan fingerprint density at radius 3 is 3.20 bits per heavy atom. The molecule has 1 aliphatic carbocycles. The maximum atomic E-state index is 3.39. The lowest BCUT2D eigenvalue weighted by molar-refractivity contribution is 0.758. The molecule has 1 atom stereocenters. The lowest BCUT2D eigenvalue weighted by atomic mass is 9.87. The Balaban J connectivity index is 2.10. The largest absolute Gasteiger partial charge is 0.381 e. The van der Waals surface area contributed by atoms with Gasteiger partial charge in [-0.25, -0.2) is 0 Å². The van der Waals surface area contributed by atoms with Crippen molar-refractivity contribution in [3.63, 3.8) is 0 Å². The highest BCUT2D eigenvalue weighted by molar-refractivity contribution is 5.58. The highest BCUT2D eigenvalue weighted by Gasteiger charge is 2.22. The highest BCUT2D eigenvalue weighted by Crippen LogP contribution is 2.29. The zero-order valence-electron chi connectivity index (χ0n) is 8.75. The van der Waals surface area contributed by atoms with Gasteiger partial charge in [-0.2, -0.15) is 0 Å². The van der Waals surface area contributed by atoms with Gasteiger partial charge in [0.25, 0.3) is 0 Å². The van der Waals surface area contributed by atoms with Crippen LogP contribution in [0.3, 0.4) is 0 Å². The number of hydrogen-bond donors (Lipinski definition) is 2. The van der Waals surface area contributed by atoms with Gasteiger partial charge in [-0.1, -0.05) is 24.3 Å². The number of nitrogens with one attached hydrogen (secondary N) is 2. The third kappa shape index (κ3) is 1.33. The van der Waals surface area contributed by atoms with Gasteiger partial charge in [-0.05, 0) is 24.1 Å². The van der Waals surface area contributed by atoms with Crippen molar-refractivity contribution in [2.24, 2.45) is 0 Å². The van der Waals surface area contributed by atoms with Crippen LogP contribution in [-0.2, 0) is 0 Å². The Morgan fingerprint density at radius 2 is 2.27 bits per heavy atom. The molecule has 0 spiro atoms. The van der Waals surface area contributed by atoms with Crippen molar-refractivity contribution >= 4 is 0 Å². The first kappa shape index (κ1) is 8.60. The topological polar surface area (TPSA) is 24.1 Å². The van der Waals surface area contributed by atoms with E-state index in [1.165, 1.54) is 22.4 Å². The minimum Gasteiger partial charge on any atom is -0.381 e. The van der Waals surface area contributed by atoms with E-state index in [1.54, 1.807) is 0 Å². The zero-order chi connectivity index (χ0) is 10.3. The number of fused-ring (bicyclic) bond motifs is 2. The molecule has 0 radical (unpaired) electrons. The zero-order valence-corrected chi connectivity index (χ0v) is 8.75. The first-order valence-electron chi connectivity index (χ1n) is 5.32. The first-order valence-corrected chi connectivity index (χ1v) is 5.32. The normalized spacial score (nSPS) is 27.1. The molecule has 0 saturated carbocycles. The molecule has 0 aromatic carbocycles. The minimum atomic E-state index is 0.344. The minimum absolute atomic E-state index is 0.344. The molecule has 0 fully saturated rings. The average Bonchev–Trinajstić information content (AvgIpc) is 2.29. The molecule has 0 saturated heterocycles. The molecule has 3 aliphatic rings. The maximum absolute atomic E-state index is 3.39. The van der Waals surface area contributed by atoms with Crippen LogP contribution in [0.15, 0.2) is 59.0 Å². The van der Waals surface area contributed by atoms with Crippen molar-refractivity contribution in [1.82, 2.24) is 10.6 Å². The Kier molecular flexibility index (Phi) is 1.81. The average molecular weight is 198 g/mol. The molecule has 2 nitrogen and oxygen atoms in total. The third-order valence-corrected chi connectivity index (χ3v) is 2.96. The van der Waals surface area contributed by atoms with E-state index in [0.717, 1.165) is 6.54 Å². The van der Waals surface area contributed by atoms with Gasteiger partial charge in [0.15, 0.2) is 0 Å². The predicted octanol–water partition coefficient (Wildman–Crippen LogP) is 1.77. The molecule has 15 heavy (non-hydrogen) atoms. The van der Waals surface area contributed by atoms with Crippen LogP contribution < -0.4 is 10.6 Å². The van der Waals surface area contributed by atoms with E-state index in [9.17, 15) is 0 Å². The fourth-order valence-electron chi connectivity index (χ4n) is 2.22. The second kappa shape index (κ2) is 3.16. The SMILES string of the molecule is CC1=CNC2C=CC3=C(C=CCN3)C2=C1. The van der Waals surface area contributed by atoms with Gasteiger partial charge in [0.2, 0.25) is 0 Å². The van der Waals surface area contributed by atoms with Crippen molar-refractivity contribution < 1.29 is 0 Å². The van der Waals surface area contributed by atoms with E-state index in [-0.39, 0.29) is 0 Å². The van der Waals surface area contributed by atoms with Crippen LogP contribution in [0.5, 0.6) is 0 Å². The summed E-state index contributed by atoms with van der Waals surface area (Å²) >= 11 is 0. The summed E-state index contributed by atoms with van der Waals surface area (Å²) in [5.74, 6) is 0. The van der Waals surface area contributed by atoms with Gasteiger partial charge in [0.05, 0.1) is 6.04 Å². The van der Waals surface area contributed by atoms with Crippen LogP contribution in [0, 0.1) is 0 Å². The van der Waals surface area contributed by atoms with Crippen LogP contribution in [0.4, 0.5) is 0 Å². The number of allylic oxidation sites excluding steroid dienone is 4. The Bertz CT molecular complexity index is 447. The summed E-state index contributed by atoms with van der Waals surface area (Å²) in [5, 5.41) is 6.78. The fourth-order valence-corrected chi connectivity index (χ4v) is 2.22. The van der Waals surface area contributed by atoms with Crippen molar-refractivity contribution in [2.75, 3.05) is 6.54 Å². The molecular weight excluding hydrogens is 184 g/mol. The van der Waals surface area contributed by atoms with Gasteiger partial charge in [-0.3, -0.25) is 0 Å². The van der Waals surface area contributed by atoms with Gasteiger partial charge < -0.3 is 10.6 Å². The fraction of sp³-hybridized carbons (Fsp3) is 0.231. The highest BCUT2D eigenvalue weighted by atomic mass is 14.9. The van der Waals surface area contributed by atoms with Crippen LogP contribution in [0.1, 0.15) is 6.92 Å². The van der Waals surface area contributed by atoms with Gasteiger partial charge >= 0.3 is 0 Å². The van der Waals surface area contributed by atoms with Crippen molar-refractivity contribution in [3.05, 3.63) is 59.0 Å². The van der Waals surface area contributed by atoms with E-state index in [0.29, 0.717) is 6.04 Å². The summed E-state index contributed by atoms with van der Waals surface area (Å²) in [4.78, 5) is 0. The van der Waals surface area contributed by atoms with E-state index < -0.39 is 0 Å². The Labute approximate surface area is 89.8 Å². The summed E-state index contributed by atoms with van der Waals surface area (Å²) in [5.41, 5.74) is 5.23. The number of dihydropyridines is 2. The molecule has 3 rings (SSSR count). The van der Waals surface area contributed by atoms with Crippen molar-refractivity contribution in [3.8, 4) is 0 Å². The first-order chi connectivity index (χ1) is 7.34. The lowest BCUT2D eigenvalue weighted by Gasteiger charge is -2.29. The van der Waals surface area contributed by atoms with Crippen LogP contribution in [-0.4, -0.2) is 12.6 Å². The smallest absolute Gasteiger partial charge is 0.0703 e. The second-order valence-corrected chi connectivity index (χ2v) is 4.10. The molecule has 76 valence electrons. The summed E-state index contributed by atoms with van der Waals surface area (Å²) in [7, 11) is 0. The molecule has 2 heterocycles. The van der Waals surface area contributed by atoms with E-state index in [2.05, 4.69) is 54.1 Å². The standard InChI is InChI=1S/C13H14N2/c1-9-7-11-10-3-2-6-14-12(10)4-5-13(11)15-8-9/h2-5,7-8,13-15H,6H2,1H3. The molecule has 1 unspecified atom stereocenters. The van der Waals surface area contributed by atoms with E-state index >= 15 is 0 Å². The molecule has 0 bridgehead atoms. The summed E-state index contributed by atoms with van der Waals surface area (Å²) in [6, 6.07) is 0.344. The van der Waals surface area contributed by atoms with Crippen LogP contribution in [0.25, 0.3) is 0 Å². The van der Waals surface area contributed by atoms with E-state index in [1.807, 2.05) is 0 Å². The molecule has 0 amide bonds. The Morgan fingerprint density at radius 1 is 1.33 bits per heavy atom. The molecular formula is C13H14N2. The lowest BCUT2D eigenvalue weighted by Crippen LogP contribution is -2.33. The molecule has 2 aliphatic heterocycles. The van der Waals surface area contributed by atoms with Crippen LogP contribution >= 0.6 is 0 Å². The van der Waals surface area contributed by atoms with Crippen LogP contribution in [0.2, 0.25) is 0 Å². The number of hydrogen-bond acceptors (Lipinski definition) is 2.